The van der Waals surface area contributed by atoms with Crippen molar-refractivity contribution in [3.05, 3.63) is 78.4 Å². The van der Waals surface area contributed by atoms with Gasteiger partial charge in [0.2, 0.25) is 0 Å². The predicted molar refractivity (Wildman–Crippen MR) is 99.3 cm³/mol. The van der Waals surface area contributed by atoms with Crippen molar-refractivity contribution in [1.29, 1.82) is 0 Å². The number of rotatable bonds is 5. The first-order valence-corrected chi connectivity index (χ1v) is 9.85. The Balaban J connectivity index is 1.46. The Bertz CT molecular complexity index is 850. The molecule has 0 fully saturated rings. The van der Waals surface area contributed by atoms with Crippen molar-refractivity contribution >= 4 is 25.7 Å². The van der Waals surface area contributed by atoms with E-state index in [4.69, 9.17) is 4.74 Å². The number of ether oxygens (including phenoxy) is 1. The molecule has 1 N–H and O–H groups in total. The molecular formula is C21H18O2Se. The second-order valence-corrected chi connectivity index (χ2v) is 7.11. The van der Waals surface area contributed by atoms with E-state index in [0.29, 0.717) is 11.9 Å². The zero-order chi connectivity index (χ0) is 16.6. The summed E-state index contributed by atoms with van der Waals surface area (Å²) in [4.78, 5) is 3.15. The van der Waals surface area contributed by atoms with Gasteiger partial charge in [0.1, 0.15) is 0 Å². The fourth-order valence-corrected chi connectivity index (χ4v) is 3.43. The SMILES string of the molecule is OC(COc1ccc2ccccc2c1)C[Se]C#Cc1ccccc1. The quantitative estimate of drug-likeness (QED) is 0.539. The number of aliphatic hydroxyl groups excluding tert-OH is 1. The van der Waals surface area contributed by atoms with E-state index in [-0.39, 0.29) is 15.0 Å². The summed E-state index contributed by atoms with van der Waals surface area (Å²) in [7, 11) is 0. The van der Waals surface area contributed by atoms with Crippen molar-refractivity contribution in [3.63, 3.8) is 0 Å². The first-order valence-electron chi connectivity index (χ1n) is 7.79. The summed E-state index contributed by atoms with van der Waals surface area (Å²) in [5.41, 5.74) is 1.02. The van der Waals surface area contributed by atoms with Gasteiger partial charge in [-0.25, -0.2) is 0 Å². The van der Waals surface area contributed by atoms with Crippen LogP contribution >= 0.6 is 0 Å². The normalized spacial score (nSPS) is 11.5. The van der Waals surface area contributed by atoms with E-state index in [9.17, 15) is 5.11 Å². The van der Waals surface area contributed by atoms with Crippen LogP contribution in [0.1, 0.15) is 5.56 Å². The van der Waals surface area contributed by atoms with Crippen molar-refractivity contribution in [2.24, 2.45) is 0 Å². The monoisotopic (exact) mass is 382 g/mol. The summed E-state index contributed by atoms with van der Waals surface area (Å²) in [6, 6.07) is 24.0. The third-order valence-corrected chi connectivity index (χ3v) is 5.15. The number of benzene rings is 3. The van der Waals surface area contributed by atoms with Gasteiger partial charge in [-0.15, -0.1) is 0 Å². The van der Waals surface area contributed by atoms with Crippen LogP contribution in [0.25, 0.3) is 10.8 Å². The Hall–Kier alpha value is -2.24. The molecule has 3 aromatic rings. The first-order chi connectivity index (χ1) is 11.8. The third kappa shape index (κ3) is 4.88. The molecule has 0 amide bonds. The van der Waals surface area contributed by atoms with Crippen molar-refractivity contribution in [1.82, 2.24) is 0 Å². The van der Waals surface area contributed by atoms with Crippen LogP contribution in [-0.4, -0.2) is 32.8 Å². The Labute approximate surface area is 148 Å². The van der Waals surface area contributed by atoms with E-state index in [1.165, 1.54) is 5.39 Å². The summed E-state index contributed by atoms with van der Waals surface area (Å²) < 4.78 is 5.70. The van der Waals surface area contributed by atoms with Gasteiger partial charge < -0.3 is 0 Å². The molecule has 0 heterocycles. The van der Waals surface area contributed by atoms with Gasteiger partial charge in [-0.1, -0.05) is 0 Å². The van der Waals surface area contributed by atoms with Crippen LogP contribution in [0.5, 0.6) is 5.75 Å². The van der Waals surface area contributed by atoms with Gasteiger partial charge in [-0.05, 0) is 0 Å². The Morgan fingerprint density at radius 1 is 0.917 bits per heavy atom. The number of fused-ring (bicyclic) bond motifs is 1. The molecule has 24 heavy (non-hydrogen) atoms. The van der Waals surface area contributed by atoms with Crippen LogP contribution in [0, 0.1) is 10.7 Å². The van der Waals surface area contributed by atoms with E-state index in [1.807, 2.05) is 60.7 Å². The summed E-state index contributed by atoms with van der Waals surface area (Å²) in [5, 5.41) is 13.0. The molecule has 0 aliphatic rings. The van der Waals surface area contributed by atoms with Crippen molar-refractivity contribution < 1.29 is 9.84 Å². The number of aliphatic hydroxyl groups is 1. The molecule has 0 saturated heterocycles. The standard InChI is InChI=1S/C21H18O2Se/c22-20(16-24-13-12-17-6-2-1-3-7-17)15-23-21-11-10-18-8-4-5-9-19(18)14-21/h1-11,14,20,22H,15-16H2. The topological polar surface area (TPSA) is 29.5 Å². The van der Waals surface area contributed by atoms with Gasteiger partial charge >= 0.3 is 148 Å². The number of hydrogen-bond donors (Lipinski definition) is 1. The fraction of sp³-hybridized carbons (Fsp3) is 0.143. The molecule has 0 bridgehead atoms. The van der Waals surface area contributed by atoms with Gasteiger partial charge in [-0.3, -0.25) is 0 Å². The average molecular weight is 381 g/mol. The average Bonchev–Trinajstić information content (AvgIpc) is 2.64. The molecule has 0 aliphatic heterocycles. The van der Waals surface area contributed by atoms with Crippen molar-refractivity contribution in [3.8, 4) is 16.5 Å². The molecule has 0 aromatic heterocycles. The van der Waals surface area contributed by atoms with E-state index < -0.39 is 6.10 Å². The molecule has 0 radical (unpaired) electrons. The van der Waals surface area contributed by atoms with Crippen LogP contribution in [-0.2, 0) is 0 Å². The summed E-state index contributed by atoms with van der Waals surface area (Å²) in [6.45, 7) is 0.299. The van der Waals surface area contributed by atoms with Gasteiger partial charge in [0, 0.05) is 0 Å². The van der Waals surface area contributed by atoms with Gasteiger partial charge in [0.05, 0.1) is 0 Å². The van der Waals surface area contributed by atoms with Crippen molar-refractivity contribution in [2.75, 3.05) is 6.61 Å². The van der Waals surface area contributed by atoms with Crippen molar-refractivity contribution in [2.45, 2.75) is 11.4 Å². The molecule has 2 nitrogen and oxygen atoms in total. The van der Waals surface area contributed by atoms with Crippen LogP contribution in [0.4, 0.5) is 0 Å². The molecule has 3 heteroatoms. The first kappa shape index (κ1) is 16.6. The molecule has 120 valence electrons. The maximum atomic E-state index is 10.0. The van der Waals surface area contributed by atoms with E-state index in [0.717, 1.165) is 16.7 Å². The Morgan fingerprint density at radius 2 is 1.67 bits per heavy atom. The van der Waals surface area contributed by atoms with Gasteiger partial charge in [0.15, 0.2) is 0 Å². The van der Waals surface area contributed by atoms with Crippen LogP contribution in [0.15, 0.2) is 72.8 Å². The van der Waals surface area contributed by atoms with E-state index in [1.54, 1.807) is 0 Å². The third-order valence-electron chi connectivity index (χ3n) is 3.48. The molecular weight excluding hydrogens is 363 g/mol. The van der Waals surface area contributed by atoms with E-state index in [2.05, 4.69) is 22.9 Å². The maximum absolute atomic E-state index is 10.0. The fourth-order valence-electron chi connectivity index (χ4n) is 2.25. The van der Waals surface area contributed by atoms with Crippen LogP contribution in [0.3, 0.4) is 0 Å². The Kier molecular flexibility index (Phi) is 5.93. The van der Waals surface area contributed by atoms with Gasteiger partial charge in [-0.2, -0.15) is 0 Å². The molecule has 1 atom stereocenters. The minimum absolute atomic E-state index is 0.0853. The second kappa shape index (κ2) is 8.57. The Morgan fingerprint density at radius 3 is 2.50 bits per heavy atom. The molecule has 3 rings (SSSR count). The molecule has 0 aliphatic carbocycles. The van der Waals surface area contributed by atoms with Crippen LogP contribution < -0.4 is 4.74 Å². The summed E-state index contributed by atoms with van der Waals surface area (Å²) >= 11 is 0.0853. The summed E-state index contributed by atoms with van der Waals surface area (Å²) in [6.07, 6.45) is -0.485. The van der Waals surface area contributed by atoms with Gasteiger partial charge in [0.25, 0.3) is 0 Å². The summed E-state index contributed by atoms with van der Waals surface area (Å²) in [5.74, 6) is 3.91. The molecule has 0 saturated carbocycles. The number of hydrogen-bond acceptors (Lipinski definition) is 2. The molecule has 0 spiro atoms. The molecule has 1 unspecified atom stereocenters. The zero-order valence-electron chi connectivity index (χ0n) is 13.2. The second-order valence-electron chi connectivity index (χ2n) is 5.38. The minimum atomic E-state index is -0.485. The molecule has 3 aromatic carbocycles. The zero-order valence-corrected chi connectivity index (χ0v) is 14.9. The predicted octanol–water partition coefficient (Wildman–Crippen LogP) is 3.71. The van der Waals surface area contributed by atoms with Crippen LogP contribution in [0.2, 0.25) is 5.32 Å². The van der Waals surface area contributed by atoms with E-state index >= 15 is 0 Å².